The summed E-state index contributed by atoms with van der Waals surface area (Å²) in [4.78, 5) is 5.19. The molecule has 3 nitrogen and oxygen atoms in total. The molecule has 1 unspecified atom stereocenters. The van der Waals surface area contributed by atoms with Gasteiger partial charge in [-0.15, -0.1) is 0 Å². The molecule has 0 aliphatic carbocycles. The average molecular weight is 288 g/mol. The highest BCUT2D eigenvalue weighted by Crippen LogP contribution is 2.15. The summed E-state index contributed by atoms with van der Waals surface area (Å²) in [6.45, 7) is 8.13. The molecule has 0 N–H and O–H groups in total. The summed E-state index contributed by atoms with van der Waals surface area (Å²) in [6, 6.07) is 10.8. The Bertz CT molecular complexity index is 395. The molecule has 1 atom stereocenters. The van der Waals surface area contributed by atoms with Crippen molar-refractivity contribution < 1.29 is 4.74 Å². The normalized spacial score (nSPS) is 25.0. The van der Waals surface area contributed by atoms with Gasteiger partial charge < -0.3 is 9.64 Å². The van der Waals surface area contributed by atoms with Crippen LogP contribution in [0.15, 0.2) is 30.3 Å². The largest absolute Gasteiger partial charge is 0.377 e. The molecule has 0 radical (unpaired) electrons. The van der Waals surface area contributed by atoms with E-state index in [9.17, 15) is 0 Å². The van der Waals surface area contributed by atoms with E-state index in [1.165, 1.54) is 64.0 Å². The van der Waals surface area contributed by atoms with Crippen LogP contribution in [-0.4, -0.2) is 61.8 Å². The molecule has 2 fully saturated rings. The maximum absolute atomic E-state index is 5.86. The number of rotatable bonds is 5. The second-order valence-electron chi connectivity index (χ2n) is 6.37. The monoisotopic (exact) mass is 288 g/mol. The molecule has 0 amide bonds. The van der Waals surface area contributed by atoms with Crippen molar-refractivity contribution in [1.82, 2.24) is 9.80 Å². The van der Waals surface area contributed by atoms with E-state index in [0.717, 1.165) is 13.2 Å². The van der Waals surface area contributed by atoms with Gasteiger partial charge in [0.05, 0.1) is 6.10 Å². The quantitative estimate of drug-likeness (QED) is 0.827. The van der Waals surface area contributed by atoms with E-state index in [1.54, 1.807) is 0 Å². The number of nitrogens with zero attached hydrogens (tertiary/aromatic N) is 2. The van der Waals surface area contributed by atoms with E-state index >= 15 is 0 Å². The lowest BCUT2D eigenvalue weighted by Gasteiger charge is -2.37. The van der Waals surface area contributed by atoms with E-state index < -0.39 is 0 Å². The second kappa shape index (κ2) is 7.92. The van der Waals surface area contributed by atoms with Gasteiger partial charge in [0.15, 0.2) is 0 Å². The molecule has 2 aliphatic heterocycles. The zero-order valence-corrected chi connectivity index (χ0v) is 13.0. The van der Waals surface area contributed by atoms with E-state index in [4.69, 9.17) is 4.74 Å². The predicted molar refractivity (Wildman–Crippen MR) is 86.6 cm³/mol. The highest BCUT2D eigenvalue weighted by Gasteiger charge is 2.21. The van der Waals surface area contributed by atoms with Crippen LogP contribution in [0.2, 0.25) is 0 Å². The predicted octanol–water partition coefficient (Wildman–Crippen LogP) is 2.42. The number of hydrogen-bond acceptors (Lipinski definition) is 3. The van der Waals surface area contributed by atoms with Crippen molar-refractivity contribution in [1.29, 1.82) is 0 Å². The van der Waals surface area contributed by atoms with Gasteiger partial charge >= 0.3 is 0 Å². The summed E-state index contributed by atoms with van der Waals surface area (Å²) in [5.41, 5.74) is 1.45. The van der Waals surface area contributed by atoms with Gasteiger partial charge in [0.25, 0.3) is 0 Å². The fourth-order valence-electron chi connectivity index (χ4n) is 3.37. The van der Waals surface area contributed by atoms with Crippen molar-refractivity contribution in [2.24, 2.45) is 0 Å². The van der Waals surface area contributed by atoms with Crippen LogP contribution >= 0.6 is 0 Å². The molecule has 0 spiro atoms. The highest BCUT2D eigenvalue weighted by atomic mass is 16.5. The molecule has 1 aromatic rings. The SMILES string of the molecule is c1ccc(CCN2CCN(CC3CCCCO3)CC2)cc1. The molecule has 0 saturated carbocycles. The van der Waals surface area contributed by atoms with Crippen LogP contribution < -0.4 is 0 Å². The van der Waals surface area contributed by atoms with Gasteiger partial charge in [-0.1, -0.05) is 30.3 Å². The maximum Gasteiger partial charge on any atom is 0.0702 e. The Hall–Kier alpha value is -0.900. The Balaban J connectivity index is 1.35. The summed E-state index contributed by atoms with van der Waals surface area (Å²) in [7, 11) is 0. The average Bonchev–Trinajstić information content (AvgIpc) is 2.56. The standard InChI is InChI=1S/C18H28N2O/c1-2-6-17(7-3-1)9-10-19-11-13-20(14-12-19)16-18-8-4-5-15-21-18/h1-3,6-7,18H,4-5,8-16H2. The van der Waals surface area contributed by atoms with Crippen LogP contribution in [0.5, 0.6) is 0 Å². The van der Waals surface area contributed by atoms with Crippen molar-refractivity contribution in [2.75, 3.05) is 45.9 Å². The molecule has 116 valence electrons. The van der Waals surface area contributed by atoms with Crippen molar-refractivity contribution in [3.8, 4) is 0 Å². The minimum atomic E-state index is 0.495. The number of benzene rings is 1. The Morgan fingerprint density at radius 2 is 1.71 bits per heavy atom. The van der Waals surface area contributed by atoms with E-state index in [1.807, 2.05) is 0 Å². The Morgan fingerprint density at radius 3 is 2.43 bits per heavy atom. The summed E-state index contributed by atoms with van der Waals surface area (Å²) in [5, 5.41) is 0. The van der Waals surface area contributed by atoms with Crippen molar-refractivity contribution in [3.63, 3.8) is 0 Å². The topological polar surface area (TPSA) is 15.7 Å². The molecular weight excluding hydrogens is 260 g/mol. The van der Waals surface area contributed by atoms with Gasteiger partial charge in [-0.3, -0.25) is 4.90 Å². The molecule has 2 saturated heterocycles. The molecule has 2 aliphatic rings. The zero-order valence-electron chi connectivity index (χ0n) is 13.0. The lowest BCUT2D eigenvalue weighted by molar-refractivity contribution is -0.0139. The van der Waals surface area contributed by atoms with Crippen molar-refractivity contribution >= 4 is 0 Å². The second-order valence-corrected chi connectivity index (χ2v) is 6.37. The van der Waals surface area contributed by atoms with Gasteiger partial charge in [0, 0.05) is 45.9 Å². The third kappa shape index (κ3) is 4.80. The van der Waals surface area contributed by atoms with Crippen LogP contribution in [0.1, 0.15) is 24.8 Å². The van der Waals surface area contributed by atoms with Gasteiger partial charge in [-0.2, -0.15) is 0 Å². The van der Waals surface area contributed by atoms with E-state index in [0.29, 0.717) is 6.10 Å². The molecule has 21 heavy (non-hydrogen) atoms. The summed E-state index contributed by atoms with van der Waals surface area (Å²) >= 11 is 0. The Labute approximate surface area is 128 Å². The third-order valence-corrected chi connectivity index (χ3v) is 4.76. The minimum Gasteiger partial charge on any atom is -0.377 e. The van der Waals surface area contributed by atoms with Gasteiger partial charge in [-0.05, 0) is 31.2 Å². The first kappa shape index (κ1) is 15.0. The van der Waals surface area contributed by atoms with Crippen LogP contribution in [0, 0.1) is 0 Å². The van der Waals surface area contributed by atoms with E-state index in [2.05, 4.69) is 40.1 Å². The van der Waals surface area contributed by atoms with Gasteiger partial charge in [-0.25, -0.2) is 0 Å². The zero-order chi connectivity index (χ0) is 14.3. The maximum atomic E-state index is 5.86. The lowest BCUT2D eigenvalue weighted by atomic mass is 10.1. The lowest BCUT2D eigenvalue weighted by Crippen LogP contribution is -2.49. The summed E-state index contributed by atoms with van der Waals surface area (Å²) in [5.74, 6) is 0. The number of ether oxygens (including phenoxy) is 1. The molecule has 1 aromatic carbocycles. The van der Waals surface area contributed by atoms with Crippen LogP contribution in [0.4, 0.5) is 0 Å². The minimum absolute atomic E-state index is 0.495. The molecular formula is C18H28N2O. The number of piperazine rings is 1. The van der Waals surface area contributed by atoms with Gasteiger partial charge in [0.1, 0.15) is 0 Å². The van der Waals surface area contributed by atoms with Crippen molar-refractivity contribution in [2.45, 2.75) is 31.8 Å². The molecule has 3 rings (SSSR count). The smallest absolute Gasteiger partial charge is 0.0702 e. The summed E-state index contributed by atoms with van der Waals surface area (Å²) < 4.78 is 5.86. The highest BCUT2D eigenvalue weighted by molar-refractivity contribution is 5.14. The first-order valence-electron chi connectivity index (χ1n) is 8.50. The molecule has 2 heterocycles. The third-order valence-electron chi connectivity index (χ3n) is 4.76. The molecule has 0 bridgehead atoms. The van der Waals surface area contributed by atoms with Crippen LogP contribution in [0.25, 0.3) is 0 Å². The van der Waals surface area contributed by atoms with Crippen molar-refractivity contribution in [3.05, 3.63) is 35.9 Å². The Kier molecular flexibility index (Phi) is 5.67. The van der Waals surface area contributed by atoms with Crippen LogP contribution in [-0.2, 0) is 11.2 Å². The Morgan fingerprint density at radius 1 is 0.952 bits per heavy atom. The first-order chi connectivity index (χ1) is 10.4. The molecule has 3 heteroatoms. The fourth-order valence-corrected chi connectivity index (χ4v) is 3.37. The van der Waals surface area contributed by atoms with Gasteiger partial charge in [0.2, 0.25) is 0 Å². The van der Waals surface area contributed by atoms with E-state index in [-0.39, 0.29) is 0 Å². The fraction of sp³-hybridized carbons (Fsp3) is 0.667. The van der Waals surface area contributed by atoms with Crippen LogP contribution in [0.3, 0.4) is 0 Å². The number of hydrogen-bond donors (Lipinski definition) is 0. The first-order valence-corrected chi connectivity index (χ1v) is 8.50. The summed E-state index contributed by atoms with van der Waals surface area (Å²) in [6.07, 6.45) is 5.53. The molecule has 0 aromatic heterocycles.